The Morgan fingerprint density at radius 3 is 2.66 bits per heavy atom. The molecule has 0 bridgehead atoms. The van der Waals surface area contributed by atoms with Gasteiger partial charge in [-0.2, -0.15) is 0 Å². The summed E-state index contributed by atoms with van der Waals surface area (Å²) in [6, 6.07) is 9.15. The average Bonchev–Trinajstić information content (AvgIpc) is 3.57. The summed E-state index contributed by atoms with van der Waals surface area (Å²) in [5.41, 5.74) is 2.62. The molecule has 1 aromatic carbocycles. The van der Waals surface area contributed by atoms with E-state index in [9.17, 15) is 0 Å². The van der Waals surface area contributed by atoms with Gasteiger partial charge in [-0.15, -0.1) is 0 Å². The number of benzene rings is 1. The Morgan fingerprint density at radius 1 is 1.28 bits per heavy atom. The molecular formula is C23H38N4O2. The van der Waals surface area contributed by atoms with Gasteiger partial charge in [0.2, 0.25) is 0 Å². The molecule has 3 rings (SSSR count). The van der Waals surface area contributed by atoms with E-state index in [4.69, 9.17) is 14.5 Å². The molecule has 162 valence electrons. The van der Waals surface area contributed by atoms with Crippen molar-refractivity contribution < 1.29 is 9.47 Å². The highest BCUT2D eigenvalue weighted by Crippen LogP contribution is 2.28. The molecule has 1 saturated heterocycles. The summed E-state index contributed by atoms with van der Waals surface area (Å²) in [4.78, 5) is 9.69. The number of aryl methyl sites for hydroxylation is 1. The fourth-order valence-electron chi connectivity index (χ4n) is 3.59. The number of likely N-dealkylation sites (N-methyl/N-ethyl adjacent to an activating group) is 1. The van der Waals surface area contributed by atoms with Gasteiger partial charge in [0.25, 0.3) is 0 Å². The summed E-state index contributed by atoms with van der Waals surface area (Å²) in [7, 11) is 2.09. The van der Waals surface area contributed by atoms with Gasteiger partial charge in [-0.3, -0.25) is 9.89 Å². The number of aliphatic imine (C=N–C) groups is 1. The molecule has 1 aliphatic carbocycles. The van der Waals surface area contributed by atoms with Crippen LogP contribution in [0.25, 0.3) is 0 Å². The molecule has 1 N–H and O–H groups in total. The zero-order valence-electron chi connectivity index (χ0n) is 18.4. The third kappa shape index (κ3) is 7.28. The smallest absolute Gasteiger partial charge is 0.193 e. The van der Waals surface area contributed by atoms with Gasteiger partial charge in [0.15, 0.2) is 5.96 Å². The van der Waals surface area contributed by atoms with Crippen LogP contribution in [-0.2, 0) is 9.47 Å². The van der Waals surface area contributed by atoms with E-state index in [0.29, 0.717) is 0 Å². The molecule has 2 fully saturated rings. The SMILES string of the molecule is CCNC(=NCC(c1ccc(C)cc1)N1CCOCC1)N(C)CCOCC1CC1. The first-order valence-corrected chi connectivity index (χ1v) is 11.1. The second-order valence-corrected chi connectivity index (χ2v) is 8.21. The van der Waals surface area contributed by atoms with Gasteiger partial charge in [0.1, 0.15) is 0 Å². The number of nitrogens with zero attached hydrogens (tertiary/aromatic N) is 3. The minimum Gasteiger partial charge on any atom is -0.379 e. The highest BCUT2D eigenvalue weighted by molar-refractivity contribution is 5.79. The maximum atomic E-state index is 5.81. The molecule has 1 atom stereocenters. The number of guanidine groups is 1. The van der Waals surface area contributed by atoms with E-state index in [-0.39, 0.29) is 6.04 Å². The van der Waals surface area contributed by atoms with E-state index < -0.39 is 0 Å². The van der Waals surface area contributed by atoms with Crippen LogP contribution in [0.4, 0.5) is 0 Å². The predicted molar refractivity (Wildman–Crippen MR) is 118 cm³/mol. The molecule has 2 aliphatic rings. The summed E-state index contributed by atoms with van der Waals surface area (Å²) in [5.74, 6) is 1.76. The molecule has 6 nitrogen and oxygen atoms in total. The van der Waals surface area contributed by atoms with Gasteiger partial charge in [0.05, 0.1) is 32.4 Å². The van der Waals surface area contributed by atoms with Crippen LogP contribution < -0.4 is 5.32 Å². The minimum absolute atomic E-state index is 0.271. The summed E-state index contributed by atoms with van der Waals surface area (Å²) in [6.07, 6.45) is 2.67. The topological polar surface area (TPSA) is 49.3 Å². The van der Waals surface area contributed by atoms with Crippen LogP contribution in [0.3, 0.4) is 0 Å². The minimum atomic E-state index is 0.271. The maximum Gasteiger partial charge on any atom is 0.193 e. The standard InChI is InChI=1S/C23H38N4O2/c1-4-24-23(26(3)11-14-29-18-20-7-8-20)25-17-22(27-12-15-28-16-13-27)21-9-5-19(2)6-10-21/h5-6,9-10,20,22H,4,7-8,11-18H2,1-3H3,(H,24,25). The van der Waals surface area contributed by atoms with Crippen molar-refractivity contribution in [3.05, 3.63) is 35.4 Å². The third-order valence-corrected chi connectivity index (χ3v) is 5.68. The zero-order chi connectivity index (χ0) is 20.5. The quantitative estimate of drug-likeness (QED) is 0.370. The van der Waals surface area contributed by atoms with Crippen molar-refractivity contribution in [3.63, 3.8) is 0 Å². The molecule has 1 heterocycles. The number of morpholine rings is 1. The Kier molecular flexibility index (Phi) is 8.77. The number of ether oxygens (including phenoxy) is 2. The molecule has 6 heteroatoms. The lowest BCUT2D eigenvalue weighted by Gasteiger charge is -2.34. The van der Waals surface area contributed by atoms with E-state index in [0.717, 1.165) is 71.0 Å². The van der Waals surface area contributed by atoms with E-state index in [2.05, 4.69) is 60.3 Å². The van der Waals surface area contributed by atoms with Crippen LogP contribution in [0.2, 0.25) is 0 Å². The average molecular weight is 403 g/mol. The van der Waals surface area contributed by atoms with Gasteiger partial charge in [-0.05, 0) is 38.2 Å². The van der Waals surface area contributed by atoms with E-state index in [1.165, 1.54) is 24.0 Å². The van der Waals surface area contributed by atoms with E-state index in [1.807, 2.05) is 0 Å². The molecule has 0 radical (unpaired) electrons. The number of hydrogen-bond acceptors (Lipinski definition) is 4. The Hall–Kier alpha value is -1.63. The lowest BCUT2D eigenvalue weighted by Crippen LogP contribution is -2.43. The van der Waals surface area contributed by atoms with Crippen molar-refractivity contribution in [1.82, 2.24) is 15.1 Å². The monoisotopic (exact) mass is 402 g/mol. The molecule has 1 saturated carbocycles. The maximum absolute atomic E-state index is 5.81. The summed E-state index contributed by atoms with van der Waals surface area (Å²) in [5, 5.41) is 3.44. The Bertz CT molecular complexity index is 624. The lowest BCUT2D eigenvalue weighted by molar-refractivity contribution is 0.0179. The molecule has 1 aliphatic heterocycles. The largest absolute Gasteiger partial charge is 0.379 e. The van der Waals surface area contributed by atoms with Crippen molar-refractivity contribution in [2.45, 2.75) is 32.7 Å². The van der Waals surface area contributed by atoms with Gasteiger partial charge in [-0.1, -0.05) is 29.8 Å². The Balaban J connectivity index is 1.63. The highest BCUT2D eigenvalue weighted by Gasteiger charge is 2.23. The van der Waals surface area contributed by atoms with Crippen LogP contribution in [0.5, 0.6) is 0 Å². The molecule has 0 aromatic heterocycles. The van der Waals surface area contributed by atoms with Gasteiger partial charge in [0, 0.05) is 39.8 Å². The van der Waals surface area contributed by atoms with Crippen molar-refractivity contribution in [1.29, 1.82) is 0 Å². The molecule has 1 aromatic rings. The summed E-state index contributed by atoms with van der Waals surface area (Å²) < 4.78 is 11.4. The fourth-order valence-corrected chi connectivity index (χ4v) is 3.59. The first-order chi connectivity index (χ1) is 14.2. The normalized spacial score (nSPS) is 19.2. The second kappa shape index (κ2) is 11.5. The van der Waals surface area contributed by atoms with Crippen molar-refractivity contribution in [3.8, 4) is 0 Å². The van der Waals surface area contributed by atoms with Crippen molar-refractivity contribution in [2.75, 3.05) is 66.2 Å². The number of rotatable bonds is 10. The molecule has 29 heavy (non-hydrogen) atoms. The predicted octanol–water partition coefficient (Wildman–Crippen LogP) is 2.69. The number of nitrogens with one attached hydrogen (secondary N) is 1. The second-order valence-electron chi connectivity index (χ2n) is 8.21. The zero-order valence-corrected chi connectivity index (χ0v) is 18.4. The Morgan fingerprint density at radius 2 is 2.00 bits per heavy atom. The Labute approximate surface area is 176 Å². The van der Waals surface area contributed by atoms with Crippen LogP contribution in [-0.4, -0.2) is 82.0 Å². The molecular weight excluding hydrogens is 364 g/mol. The van der Waals surface area contributed by atoms with Gasteiger partial charge in [-0.25, -0.2) is 0 Å². The lowest BCUT2D eigenvalue weighted by atomic mass is 10.0. The number of hydrogen-bond donors (Lipinski definition) is 1. The van der Waals surface area contributed by atoms with Gasteiger partial charge < -0.3 is 19.7 Å². The third-order valence-electron chi connectivity index (χ3n) is 5.68. The van der Waals surface area contributed by atoms with Crippen LogP contribution in [0.1, 0.15) is 36.9 Å². The highest BCUT2D eigenvalue weighted by atomic mass is 16.5. The first kappa shape index (κ1) is 22.1. The van der Waals surface area contributed by atoms with Crippen LogP contribution >= 0.6 is 0 Å². The van der Waals surface area contributed by atoms with Crippen LogP contribution in [0, 0.1) is 12.8 Å². The van der Waals surface area contributed by atoms with Crippen molar-refractivity contribution >= 4 is 5.96 Å². The van der Waals surface area contributed by atoms with Gasteiger partial charge >= 0.3 is 0 Å². The molecule has 0 amide bonds. The first-order valence-electron chi connectivity index (χ1n) is 11.1. The van der Waals surface area contributed by atoms with Crippen LogP contribution in [0.15, 0.2) is 29.3 Å². The summed E-state index contributed by atoms with van der Waals surface area (Å²) >= 11 is 0. The molecule has 0 spiro atoms. The fraction of sp³-hybridized carbons (Fsp3) is 0.696. The van der Waals surface area contributed by atoms with E-state index in [1.54, 1.807) is 0 Å². The molecule has 1 unspecified atom stereocenters. The van der Waals surface area contributed by atoms with E-state index >= 15 is 0 Å². The van der Waals surface area contributed by atoms with Crippen molar-refractivity contribution in [2.24, 2.45) is 10.9 Å². The summed E-state index contributed by atoms with van der Waals surface area (Å²) in [6.45, 7) is 11.9.